The Morgan fingerprint density at radius 1 is 1.07 bits per heavy atom. The molecule has 2 saturated heterocycles. The molecule has 2 aliphatic heterocycles. The van der Waals surface area contributed by atoms with Gasteiger partial charge in [-0.15, -0.1) is 0 Å². The number of carbonyl (C=O) groups excluding carboxylic acids is 3. The molecule has 1 saturated carbocycles. The van der Waals surface area contributed by atoms with Gasteiger partial charge < -0.3 is 20.9 Å². The van der Waals surface area contributed by atoms with Gasteiger partial charge >= 0.3 is 0 Å². The van der Waals surface area contributed by atoms with Gasteiger partial charge in [-0.05, 0) is 93.5 Å². The molecular formula is C33H38FN7O3. The van der Waals surface area contributed by atoms with Crippen molar-refractivity contribution in [3.8, 4) is 0 Å². The van der Waals surface area contributed by atoms with Gasteiger partial charge in [0, 0.05) is 43.5 Å². The van der Waals surface area contributed by atoms with Crippen LogP contribution in [-0.2, 0) is 4.79 Å². The zero-order chi connectivity index (χ0) is 31.0. The third-order valence-corrected chi connectivity index (χ3v) is 9.08. The number of nitrogens with two attached hydrogens (primary N) is 1. The average molecular weight is 600 g/mol. The molecule has 0 radical (unpaired) electrons. The monoisotopic (exact) mass is 599 g/mol. The first kappa shape index (κ1) is 29.7. The van der Waals surface area contributed by atoms with E-state index in [9.17, 15) is 18.8 Å². The van der Waals surface area contributed by atoms with Gasteiger partial charge in [0.1, 0.15) is 11.6 Å². The van der Waals surface area contributed by atoms with Crippen molar-refractivity contribution in [3.05, 3.63) is 71.3 Å². The smallest absolute Gasteiger partial charge is 0.271 e. The third-order valence-electron chi connectivity index (χ3n) is 9.08. The zero-order valence-electron chi connectivity index (χ0n) is 25.1. The number of carbonyl (C=O) groups is 3. The Bertz CT molecular complexity index is 1580. The van der Waals surface area contributed by atoms with E-state index < -0.39 is 11.7 Å². The van der Waals surface area contributed by atoms with Crippen molar-refractivity contribution >= 4 is 40.6 Å². The van der Waals surface area contributed by atoms with Gasteiger partial charge in [0.2, 0.25) is 5.91 Å². The topological polar surface area (TPSA) is 125 Å². The van der Waals surface area contributed by atoms with Gasteiger partial charge in [0.15, 0.2) is 17.3 Å². The summed E-state index contributed by atoms with van der Waals surface area (Å²) < 4.78 is 14.8. The van der Waals surface area contributed by atoms with Crippen molar-refractivity contribution in [3.63, 3.8) is 0 Å². The van der Waals surface area contributed by atoms with Crippen LogP contribution < -0.4 is 20.9 Å². The molecule has 2 aromatic carbocycles. The van der Waals surface area contributed by atoms with E-state index in [4.69, 9.17) is 10.7 Å². The number of benzene rings is 2. The first-order chi connectivity index (χ1) is 21.2. The molecule has 3 fully saturated rings. The molecule has 2 amide bonds. The standard InChI is InChI=1S/C33H38FN7O3/c1-20-22(17-28(42)26-12-7-23(16-27(26)34)21-5-6-21)4-3-13-40(20)29-18-36-31(32(35)44)33(38-29)37-24-8-10-25(11-9-24)41-15-14-39(2)19-30(41)43/h7-12,16,18,20-22H,3-6,13-15,17,19H2,1-2H3,(H2,35,44)(H,37,38)/t20-,22+/m1/s1. The van der Waals surface area contributed by atoms with Crippen LogP contribution in [0.5, 0.6) is 0 Å². The predicted molar refractivity (Wildman–Crippen MR) is 167 cm³/mol. The van der Waals surface area contributed by atoms with Gasteiger partial charge in [-0.2, -0.15) is 0 Å². The third kappa shape index (κ3) is 6.28. The molecule has 11 heteroatoms. The van der Waals surface area contributed by atoms with E-state index in [1.165, 1.54) is 12.3 Å². The number of halogens is 1. The molecule has 2 atom stereocenters. The van der Waals surface area contributed by atoms with Crippen LogP contribution in [0.25, 0.3) is 0 Å². The van der Waals surface area contributed by atoms with Gasteiger partial charge in [0.05, 0.1) is 18.3 Å². The van der Waals surface area contributed by atoms with E-state index in [1.807, 2.05) is 49.2 Å². The maximum Gasteiger partial charge on any atom is 0.271 e. The molecular weight excluding hydrogens is 561 g/mol. The van der Waals surface area contributed by atoms with Crippen LogP contribution in [0.1, 0.15) is 71.4 Å². The number of ketones is 1. The van der Waals surface area contributed by atoms with E-state index in [0.29, 0.717) is 37.1 Å². The molecule has 0 spiro atoms. The number of nitrogens with zero attached hydrogens (tertiary/aromatic N) is 5. The molecule has 3 aliphatic rings. The number of piperidine rings is 1. The fraction of sp³-hybridized carbons (Fsp3) is 0.424. The number of hydrogen-bond donors (Lipinski definition) is 2. The largest absolute Gasteiger partial charge is 0.364 e. The number of rotatable bonds is 9. The number of nitrogens with one attached hydrogen (secondary N) is 1. The molecule has 1 aromatic heterocycles. The number of primary amides is 1. The molecule has 0 unspecified atom stereocenters. The highest BCUT2D eigenvalue weighted by Crippen LogP contribution is 2.40. The Morgan fingerprint density at radius 2 is 1.84 bits per heavy atom. The summed E-state index contributed by atoms with van der Waals surface area (Å²) in [5, 5.41) is 3.18. The minimum absolute atomic E-state index is 0.00221. The lowest BCUT2D eigenvalue weighted by Crippen LogP contribution is -2.48. The molecule has 44 heavy (non-hydrogen) atoms. The first-order valence-electron chi connectivity index (χ1n) is 15.3. The second-order valence-corrected chi connectivity index (χ2v) is 12.2. The minimum atomic E-state index is -0.712. The van der Waals surface area contributed by atoms with Gasteiger partial charge in [-0.3, -0.25) is 19.3 Å². The highest BCUT2D eigenvalue weighted by molar-refractivity contribution is 5.98. The highest BCUT2D eigenvalue weighted by atomic mass is 19.1. The number of hydrogen-bond acceptors (Lipinski definition) is 8. The maximum absolute atomic E-state index is 14.8. The van der Waals surface area contributed by atoms with Gasteiger partial charge in [-0.1, -0.05) is 6.07 Å². The Kier molecular flexibility index (Phi) is 8.31. The fourth-order valence-corrected chi connectivity index (χ4v) is 6.31. The van der Waals surface area contributed by atoms with Gasteiger partial charge in [0.25, 0.3) is 5.91 Å². The van der Waals surface area contributed by atoms with Crippen molar-refractivity contribution in [2.24, 2.45) is 11.7 Å². The van der Waals surface area contributed by atoms with Crippen LogP contribution in [0.15, 0.2) is 48.7 Å². The van der Waals surface area contributed by atoms with Crippen molar-refractivity contribution in [1.29, 1.82) is 0 Å². The summed E-state index contributed by atoms with van der Waals surface area (Å²) in [6, 6.07) is 12.3. The Labute approximate surface area is 256 Å². The number of Topliss-reactive ketones (excluding diaryl/α,β-unsaturated/α-hetero) is 1. The van der Waals surface area contributed by atoms with Crippen LogP contribution in [0.4, 0.5) is 27.4 Å². The van der Waals surface area contributed by atoms with Crippen molar-refractivity contribution in [1.82, 2.24) is 14.9 Å². The van der Waals surface area contributed by atoms with Crippen molar-refractivity contribution < 1.29 is 18.8 Å². The maximum atomic E-state index is 14.8. The molecule has 3 heterocycles. The molecule has 1 aliphatic carbocycles. The predicted octanol–water partition coefficient (Wildman–Crippen LogP) is 4.49. The number of likely N-dealkylation sites (N-methyl/N-ethyl adjacent to an activating group) is 1. The quantitative estimate of drug-likeness (QED) is 0.345. The lowest BCUT2D eigenvalue weighted by atomic mass is 9.84. The molecule has 230 valence electrons. The second kappa shape index (κ2) is 12.3. The van der Waals surface area contributed by atoms with E-state index in [-0.39, 0.29) is 47.1 Å². The number of piperazine rings is 1. The highest BCUT2D eigenvalue weighted by Gasteiger charge is 2.32. The summed E-state index contributed by atoms with van der Waals surface area (Å²) in [5.41, 5.74) is 8.22. The van der Waals surface area contributed by atoms with Gasteiger partial charge in [-0.25, -0.2) is 14.4 Å². The second-order valence-electron chi connectivity index (χ2n) is 12.2. The summed E-state index contributed by atoms with van der Waals surface area (Å²) in [5.74, 6) is -0.0955. The number of amides is 2. The van der Waals surface area contributed by atoms with Crippen molar-refractivity contribution in [2.45, 2.75) is 51.0 Å². The summed E-state index contributed by atoms with van der Waals surface area (Å²) in [7, 11) is 1.92. The van der Waals surface area contributed by atoms with E-state index in [1.54, 1.807) is 11.0 Å². The van der Waals surface area contributed by atoms with E-state index in [0.717, 1.165) is 43.5 Å². The van der Waals surface area contributed by atoms with Crippen LogP contribution >= 0.6 is 0 Å². The number of aromatic nitrogens is 2. The van der Waals surface area contributed by atoms with E-state index >= 15 is 0 Å². The Balaban J connectivity index is 1.17. The zero-order valence-corrected chi connectivity index (χ0v) is 25.1. The molecule has 3 N–H and O–H groups in total. The first-order valence-corrected chi connectivity index (χ1v) is 15.3. The summed E-state index contributed by atoms with van der Waals surface area (Å²) in [6.07, 6.45) is 5.59. The molecule has 10 nitrogen and oxygen atoms in total. The Hall–Kier alpha value is -4.38. The van der Waals surface area contributed by atoms with Crippen molar-refractivity contribution in [2.75, 3.05) is 48.3 Å². The molecule has 6 rings (SSSR count). The van der Waals surface area contributed by atoms with E-state index in [2.05, 4.69) is 15.2 Å². The summed E-state index contributed by atoms with van der Waals surface area (Å²) in [6.45, 7) is 4.53. The average Bonchev–Trinajstić information content (AvgIpc) is 3.84. The summed E-state index contributed by atoms with van der Waals surface area (Å²) in [4.78, 5) is 52.8. The van der Waals surface area contributed by atoms with Crippen LogP contribution in [0.3, 0.4) is 0 Å². The number of anilines is 4. The molecule has 3 aromatic rings. The minimum Gasteiger partial charge on any atom is -0.364 e. The summed E-state index contributed by atoms with van der Waals surface area (Å²) >= 11 is 0. The van der Waals surface area contributed by atoms with Crippen LogP contribution in [0.2, 0.25) is 0 Å². The van der Waals surface area contributed by atoms with Crippen LogP contribution in [-0.4, -0.2) is 71.7 Å². The molecule has 0 bridgehead atoms. The van der Waals surface area contributed by atoms with Crippen LogP contribution in [0, 0.1) is 11.7 Å². The Morgan fingerprint density at radius 3 is 2.52 bits per heavy atom. The lowest BCUT2D eigenvalue weighted by molar-refractivity contribution is -0.120. The lowest BCUT2D eigenvalue weighted by Gasteiger charge is -2.40. The SMILES string of the molecule is C[C@@H]1[C@H](CC(=O)c2ccc(C3CC3)cc2F)CCCN1c1cnc(C(N)=O)c(Nc2ccc(N3CCN(C)CC3=O)cc2)n1. The fourth-order valence-electron chi connectivity index (χ4n) is 6.31. The normalized spacial score (nSPS) is 20.9.